The SMILES string of the molecule is CCOc1cc(-c2ccc(C(=O)O)c(OCC)c2)ccc1C(=O)O. The zero-order valence-corrected chi connectivity index (χ0v) is 13.4. The van der Waals surface area contributed by atoms with Gasteiger partial charge in [0.15, 0.2) is 0 Å². The summed E-state index contributed by atoms with van der Waals surface area (Å²) >= 11 is 0. The number of hydrogen-bond donors (Lipinski definition) is 2. The number of aromatic carboxylic acids is 2. The first kappa shape index (κ1) is 17.3. The predicted molar refractivity (Wildman–Crippen MR) is 88.1 cm³/mol. The molecule has 0 saturated heterocycles. The molecule has 126 valence electrons. The van der Waals surface area contributed by atoms with Crippen molar-refractivity contribution in [3.8, 4) is 22.6 Å². The molecule has 0 aliphatic heterocycles. The number of carbonyl (C=O) groups is 2. The topological polar surface area (TPSA) is 93.1 Å². The summed E-state index contributed by atoms with van der Waals surface area (Å²) in [5.74, 6) is -1.60. The Balaban J connectivity index is 2.51. The molecule has 24 heavy (non-hydrogen) atoms. The van der Waals surface area contributed by atoms with Crippen LogP contribution in [0, 0.1) is 0 Å². The summed E-state index contributed by atoms with van der Waals surface area (Å²) < 4.78 is 10.8. The first-order valence-corrected chi connectivity index (χ1v) is 7.48. The van der Waals surface area contributed by atoms with Crippen LogP contribution < -0.4 is 9.47 Å². The Kier molecular flexibility index (Phi) is 5.42. The zero-order chi connectivity index (χ0) is 17.7. The van der Waals surface area contributed by atoms with Gasteiger partial charge in [0.25, 0.3) is 0 Å². The van der Waals surface area contributed by atoms with Gasteiger partial charge >= 0.3 is 11.9 Å². The molecule has 0 radical (unpaired) electrons. The van der Waals surface area contributed by atoms with Crippen molar-refractivity contribution >= 4 is 11.9 Å². The summed E-state index contributed by atoms with van der Waals surface area (Å²) in [6.07, 6.45) is 0. The second-order valence-corrected chi connectivity index (χ2v) is 4.90. The van der Waals surface area contributed by atoms with Crippen LogP contribution in [0.3, 0.4) is 0 Å². The van der Waals surface area contributed by atoms with Crippen molar-refractivity contribution in [2.45, 2.75) is 13.8 Å². The van der Waals surface area contributed by atoms with E-state index in [-0.39, 0.29) is 22.6 Å². The molecule has 0 unspecified atom stereocenters. The van der Waals surface area contributed by atoms with Gasteiger partial charge in [-0.05, 0) is 49.2 Å². The molecule has 0 spiro atoms. The minimum atomic E-state index is -1.07. The van der Waals surface area contributed by atoms with Crippen molar-refractivity contribution < 1.29 is 29.3 Å². The van der Waals surface area contributed by atoms with Gasteiger partial charge in [-0.15, -0.1) is 0 Å². The van der Waals surface area contributed by atoms with Crippen LogP contribution in [0.4, 0.5) is 0 Å². The zero-order valence-electron chi connectivity index (χ0n) is 13.4. The Hall–Kier alpha value is -3.02. The van der Waals surface area contributed by atoms with Gasteiger partial charge in [-0.2, -0.15) is 0 Å². The number of carboxylic acid groups (broad SMARTS) is 2. The van der Waals surface area contributed by atoms with E-state index in [1.807, 2.05) is 0 Å². The van der Waals surface area contributed by atoms with E-state index in [2.05, 4.69) is 0 Å². The molecule has 2 rings (SSSR count). The third-order valence-corrected chi connectivity index (χ3v) is 3.36. The second kappa shape index (κ2) is 7.50. The largest absolute Gasteiger partial charge is 0.493 e. The fourth-order valence-corrected chi connectivity index (χ4v) is 2.31. The Morgan fingerprint density at radius 3 is 1.46 bits per heavy atom. The number of carboxylic acids is 2. The maximum Gasteiger partial charge on any atom is 0.339 e. The molecule has 0 amide bonds. The van der Waals surface area contributed by atoms with Crippen molar-refractivity contribution in [3.63, 3.8) is 0 Å². The fraction of sp³-hybridized carbons (Fsp3) is 0.222. The summed E-state index contributed by atoms with van der Waals surface area (Å²) in [6.45, 7) is 4.22. The highest BCUT2D eigenvalue weighted by Crippen LogP contribution is 2.31. The average Bonchev–Trinajstić information content (AvgIpc) is 2.55. The molecule has 0 fully saturated rings. The maximum absolute atomic E-state index is 11.2. The first-order valence-electron chi connectivity index (χ1n) is 7.48. The van der Waals surface area contributed by atoms with Crippen LogP contribution >= 0.6 is 0 Å². The molecule has 2 aromatic rings. The lowest BCUT2D eigenvalue weighted by molar-refractivity contribution is 0.0681. The summed E-state index contributed by atoms with van der Waals surface area (Å²) in [5.41, 5.74) is 1.57. The van der Waals surface area contributed by atoms with Crippen LogP contribution in [0.5, 0.6) is 11.5 Å². The fourth-order valence-electron chi connectivity index (χ4n) is 2.31. The highest BCUT2D eigenvalue weighted by Gasteiger charge is 2.15. The number of benzene rings is 2. The van der Waals surface area contributed by atoms with Gasteiger partial charge in [0.05, 0.1) is 13.2 Å². The van der Waals surface area contributed by atoms with E-state index in [0.717, 1.165) is 0 Å². The van der Waals surface area contributed by atoms with Gasteiger partial charge in [0.1, 0.15) is 22.6 Å². The lowest BCUT2D eigenvalue weighted by Crippen LogP contribution is -2.04. The second-order valence-electron chi connectivity index (χ2n) is 4.90. The normalized spacial score (nSPS) is 10.2. The molecule has 0 aliphatic rings. The quantitative estimate of drug-likeness (QED) is 0.806. The Labute approximate surface area is 139 Å². The Bertz CT molecular complexity index is 701. The molecule has 6 heteroatoms. The van der Waals surface area contributed by atoms with Crippen molar-refractivity contribution in [2.75, 3.05) is 13.2 Å². The first-order chi connectivity index (χ1) is 11.5. The van der Waals surface area contributed by atoms with Crippen LogP contribution in [-0.4, -0.2) is 35.4 Å². The lowest BCUT2D eigenvalue weighted by Gasteiger charge is -2.12. The van der Waals surface area contributed by atoms with Crippen LogP contribution in [0.15, 0.2) is 36.4 Å². The van der Waals surface area contributed by atoms with E-state index < -0.39 is 11.9 Å². The van der Waals surface area contributed by atoms with Gasteiger partial charge in [0.2, 0.25) is 0 Å². The molecule has 2 N–H and O–H groups in total. The third-order valence-electron chi connectivity index (χ3n) is 3.36. The van der Waals surface area contributed by atoms with E-state index in [1.165, 1.54) is 12.1 Å². The smallest absolute Gasteiger partial charge is 0.339 e. The minimum absolute atomic E-state index is 0.0767. The van der Waals surface area contributed by atoms with Crippen LogP contribution in [0.25, 0.3) is 11.1 Å². The van der Waals surface area contributed by atoms with Gasteiger partial charge in [0, 0.05) is 0 Å². The Morgan fingerprint density at radius 1 is 0.792 bits per heavy atom. The number of hydrogen-bond acceptors (Lipinski definition) is 4. The van der Waals surface area contributed by atoms with Crippen LogP contribution in [0.2, 0.25) is 0 Å². The van der Waals surface area contributed by atoms with E-state index in [0.29, 0.717) is 24.3 Å². The Morgan fingerprint density at radius 2 is 1.17 bits per heavy atom. The van der Waals surface area contributed by atoms with Crippen molar-refractivity contribution in [1.29, 1.82) is 0 Å². The highest BCUT2D eigenvalue weighted by atomic mass is 16.5. The predicted octanol–water partition coefficient (Wildman–Crippen LogP) is 3.55. The van der Waals surface area contributed by atoms with E-state index in [4.69, 9.17) is 9.47 Å². The molecule has 2 aromatic carbocycles. The van der Waals surface area contributed by atoms with E-state index in [9.17, 15) is 19.8 Å². The van der Waals surface area contributed by atoms with Gasteiger partial charge < -0.3 is 19.7 Å². The van der Waals surface area contributed by atoms with Crippen molar-refractivity contribution in [1.82, 2.24) is 0 Å². The number of ether oxygens (including phenoxy) is 2. The summed E-state index contributed by atoms with van der Waals surface area (Å²) in [4.78, 5) is 22.5. The summed E-state index contributed by atoms with van der Waals surface area (Å²) in [7, 11) is 0. The monoisotopic (exact) mass is 330 g/mol. The van der Waals surface area contributed by atoms with Crippen molar-refractivity contribution in [3.05, 3.63) is 47.5 Å². The molecule has 0 heterocycles. The van der Waals surface area contributed by atoms with Crippen molar-refractivity contribution in [2.24, 2.45) is 0 Å². The van der Waals surface area contributed by atoms with E-state index in [1.54, 1.807) is 38.1 Å². The summed E-state index contributed by atoms with van der Waals surface area (Å²) in [5, 5.41) is 18.4. The van der Waals surface area contributed by atoms with Gasteiger partial charge in [-0.1, -0.05) is 12.1 Å². The van der Waals surface area contributed by atoms with Gasteiger partial charge in [-0.3, -0.25) is 0 Å². The molecule has 0 aliphatic carbocycles. The molecule has 0 aromatic heterocycles. The number of rotatable bonds is 7. The standard InChI is InChI=1S/C18H18O6/c1-3-23-15-9-11(5-7-13(15)17(19)20)12-6-8-14(18(21)22)16(10-12)24-4-2/h5-10H,3-4H2,1-2H3,(H,19,20)(H,21,22). The lowest BCUT2D eigenvalue weighted by atomic mass is 10.0. The van der Waals surface area contributed by atoms with Gasteiger partial charge in [-0.25, -0.2) is 9.59 Å². The molecule has 0 saturated carbocycles. The van der Waals surface area contributed by atoms with E-state index >= 15 is 0 Å². The minimum Gasteiger partial charge on any atom is -0.493 e. The van der Waals surface area contributed by atoms with Crippen LogP contribution in [-0.2, 0) is 0 Å². The molecule has 0 atom stereocenters. The molecule has 6 nitrogen and oxygen atoms in total. The average molecular weight is 330 g/mol. The third kappa shape index (κ3) is 3.65. The summed E-state index contributed by atoms with van der Waals surface area (Å²) in [6, 6.07) is 9.48. The van der Waals surface area contributed by atoms with Crippen LogP contribution in [0.1, 0.15) is 34.6 Å². The molecular weight excluding hydrogens is 312 g/mol. The maximum atomic E-state index is 11.2. The molecule has 0 bridgehead atoms. The highest BCUT2D eigenvalue weighted by molar-refractivity contribution is 5.93. The molecular formula is C18H18O6.